The Balaban J connectivity index is 2.86. The first kappa shape index (κ1) is 9.32. The highest BCUT2D eigenvalue weighted by Gasteiger charge is 2.11. The monoisotopic (exact) mass is 187 g/mol. The van der Waals surface area contributed by atoms with E-state index >= 15 is 0 Å². The third kappa shape index (κ3) is 1.24. The quantitative estimate of drug-likeness (QED) is 0.696. The van der Waals surface area contributed by atoms with Gasteiger partial charge in [0.25, 0.3) is 0 Å². The van der Waals surface area contributed by atoms with Gasteiger partial charge in [-0.3, -0.25) is 0 Å². The molecule has 0 aliphatic carbocycles. The summed E-state index contributed by atoms with van der Waals surface area (Å²) in [5.74, 6) is 0.591. The summed E-state index contributed by atoms with van der Waals surface area (Å²) in [6, 6.07) is 4.41. The van der Waals surface area contributed by atoms with Crippen LogP contribution in [-0.2, 0) is 0 Å². The fraction of sp³-hybridized carbons (Fsp3) is 0.385. The van der Waals surface area contributed by atoms with Crippen LogP contribution in [0.2, 0.25) is 0 Å². The van der Waals surface area contributed by atoms with Crippen molar-refractivity contribution < 1.29 is 0 Å². The van der Waals surface area contributed by atoms with Crippen LogP contribution in [0.5, 0.6) is 0 Å². The second kappa shape index (κ2) is 3.16. The average molecular weight is 187 g/mol. The summed E-state index contributed by atoms with van der Waals surface area (Å²) >= 11 is 0. The second-order valence-electron chi connectivity index (χ2n) is 4.33. The van der Waals surface area contributed by atoms with E-state index in [0.717, 1.165) is 0 Å². The molecule has 0 aliphatic heterocycles. The van der Waals surface area contributed by atoms with Crippen molar-refractivity contribution in [3.8, 4) is 0 Å². The minimum atomic E-state index is 0.591. The minimum absolute atomic E-state index is 0.591. The summed E-state index contributed by atoms with van der Waals surface area (Å²) in [4.78, 5) is 3.28. The molecular weight excluding hydrogens is 170 g/mol. The highest BCUT2D eigenvalue weighted by molar-refractivity contribution is 5.85. The van der Waals surface area contributed by atoms with Gasteiger partial charge in [-0.15, -0.1) is 0 Å². The molecule has 0 bridgehead atoms. The number of aryl methyl sites for hydroxylation is 1. The molecule has 1 N–H and O–H groups in total. The lowest BCUT2D eigenvalue weighted by Crippen LogP contribution is -1.95. The Labute approximate surface area is 85.1 Å². The van der Waals surface area contributed by atoms with Gasteiger partial charge in [0.2, 0.25) is 0 Å². The van der Waals surface area contributed by atoms with Crippen molar-refractivity contribution in [2.24, 2.45) is 0 Å². The van der Waals surface area contributed by atoms with Crippen LogP contribution in [-0.4, -0.2) is 4.98 Å². The number of hydrogen-bond acceptors (Lipinski definition) is 0. The first-order valence-corrected chi connectivity index (χ1v) is 5.18. The lowest BCUT2D eigenvalue weighted by atomic mass is 9.91. The van der Waals surface area contributed by atoms with Crippen LogP contribution in [0.3, 0.4) is 0 Å². The molecule has 1 aromatic carbocycles. The summed E-state index contributed by atoms with van der Waals surface area (Å²) in [5, 5.41) is 1.38. The zero-order valence-corrected chi connectivity index (χ0v) is 9.31. The number of hydrogen-bond donors (Lipinski definition) is 1. The third-order valence-corrected chi connectivity index (χ3v) is 3.00. The maximum atomic E-state index is 3.28. The van der Waals surface area contributed by atoms with Crippen LogP contribution in [0.25, 0.3) is 10.9 Å². The molecule has 0 radical (unpaired) electrons. The molecular formula is C13H17N. The number of H-pyrrole nitrogens is 1. The fourth-order valence-corrected chi connectivity index (χ4v) is 2.22. The smallest absolute Gasteiger partial charge is 0.0459 e. The zero-order valence-electron chi connectivity index (χ0n) is 9.31. The molecule has 1 aromatic heterocycles. The van der Waals surface area contributed by atoms with E-state index in [-0.39, 0.29) is 0 Å². The van der Waals surface area contributed by atoms with Crippen LogP contribution < -0.4 is 0 Å². The van der Waals surface area contributed by atoms with E-state index in [9.17, 15) is 0 Å². The van der Waals surface area contributed by atoms with Crippen molar-refractivity contribution in [1.29, 1.82) is 0 Å². The SMILES string of the molecule is Cc1cc2[nH]ccc2c(C(C)C)c1C. The topological polar surface area (TPSA) is 15.8 Å². The molecule has 0 spiro atoms. The summed E-state index contributed by atoms with van der Waals surface area (Å²) in [6.07, 6.45) is 2.02. The molecule has 0 amide bonds. The van der Waals surface area contributed by atoms with Gasteiger partial charge >= 0.3 is 0 Å². The number of fused-ring (bicyclic) bond motifs is 1. The summed E-state index contributed by atoms with van der Waals surface area (Å²) in [7, 11) is 0. The van der Waals surface area contributed by atoms with Crippen LogP contribution in [0, 0.1) is 13.8 Å². The van der Waals surface area contributed by atoms with Gasteiger partial charge in [-0.1, -0.05) is 13.8 Å². The van der Waals surface area contributed by atoms with E-state index in [1.807, 2.05) is 6.20 Å². The molecule has 0 fully saturated rings. The number of nitrogens with one attached hydrogen (secondary N) is 1. The van der Waals surface area contributed by atoms with Crippen molar-refractivity contribution in [1.82, 2.24) is 4.98 Å². The first-order chi connectivity index (χ1) is 6.61. The number of aromatic nitrogens is 1. The van der Waals surface area contributed by atoms with Crippen LogP contribution >= 0.6 is 0 Å². The summed E-state index contributed by atoms with van der Waals surface area (Å²) in [6.45, 7) is 8.92. The molecule has 0 atom stereocenters. The molecule has 0 saturated carbocycles. The number of benzene rings is 1. The van der Waals surface area contributed by atoms with Crippen molar-refractivity contribution in [2.75, 3.05) is 0 Å². The molecule has 2 rings (SSSR count). The fourth-order valence-electron chi connectivity index (χ4n) is 2.22. The first-order valence-electron chi connectivity index (χ1n) is 5.18. The number of aromatic amines is 1. The number of rotatable bonds is 1. The zero-order chi connectivity index (χ0) is 10.3. The normalized spacial score (nSPS) is 11.5. The highest BCUT2D eigenvalue weighted by atomic mass is 14.7. The Morgan fingerprint density at radius 3 is 2.57 bits per heavy atom. The Morgan fingerprint density at radius 2 is 1.93 bits per heavy atom. The Bertz CT molecular complexity index is 463. The molecule has 2 aromatic rings. The van der Waals surface area contributed by atoms with Crippen molar-refractivity contribution in [2.45, 2.75) is 33.6 Å². The van der Waals surface area contributed by atoms with E-state index in [1.54, 1.807) is 0 Å². The van der Waals surface area contributed by atoms with Gasteiger partial charge in [-0.25, -0.2) is 0 Å². The molecule has 1 heteroatoms. The van der Waals surface area contributed by atoms with Crippen LogP contribution in [0.4, 0.5) is 0 Å². The predicted octanol–water partition coefficient (Wildman–Crippen LogP) is 3.91. The third-order valence-electron chi connectivity index (χ3n) is 3.00. The molecule has 0 saturated heterocycles. The maximum absolute atomic E-state index is 3.28. The molecule has 0 unspecified atom stereocenters. The predicted molar refractivity (Wildman–Crippen MR) is 61.9 cm³/mol. The van der Waals surface area contributed by atoms with E-state index < -0.39 is 0 Å². The van der Waals surface area contributed by atoms with Crippen molar-refractivity contribution in [3.63, 3.8) is 0 Å². The van der Waals surface area contributed by atoms with Gasteiger partial charge < -0.3 is 4.98 Å². The second-order valence-corrected chi connectivity index (χ2v) is 4.33. The molecule has 0 aliphatic rings. The van der Waals surface area contributed by atoms with E-state index in [2.05, 4.69) is 44.8 Å². The minimum Gasteiger partial charge on any atom is -0.361 e. The summed E-state index contributed by atoms with van der Waals surface area (Å²) in [5.41, 5.74) is 5.56. The van der Waals surface area contributed by atoms with Crippen molar-refractivity contribution in [3.05, 3.63) is 35.0 Å². The van der Waals surface area contributed by atoms with Crippen LogP contribution in [0.1, 0.15) is 36.5 Å². The van der Waals surface area contributed by atoms with Gasteiger partial charge in [0, 0.05) is 17.1 Å². The van der Waals surface area contributed by atoms with Gasteiger partial charge in [0.05, 0.1) is 0 Å². The molecule has 1 heterocycles. The lowest BCUT2D eigenvalue weighted by Gasteiger charge is -2.13. The van der Waals surface area contributed by atoms with Gasteiger partial charge in [0.15, 0.2) is 0 Å². The Morgan fingerprint density at radius 1 is 1.21 bits per heavy atom. The average Bonchev–Trinajstić information content (AvgIpc) is 2.52. The molecule has 1 nitrogen and oxygen atoms in total. The largest absolute Gasteiger partial charge is 0.361 e. The van der Waals surface area contributed by atoms with Crippen LogP contribution in [0.15, 0.2) is 18.3 Å². The molecule has 14 heavy (non-hydrogen) atoms. The van der Waals surface area contributed by atoms with Gasteiger partial charge in [-0.05, 0) is 48.6 Å². The van der Waals surface area contributed by atoms with E-state index in [4.69, 9.17) is 0 Å². The van der Waals surface area contributed by atoms with Gasteiger partial charge in [0.1, 0.15) is 0 Å². The van der Waals surface area contributed by atoms with Gasteiger partial charge in [-0.2, -0.15) is 0 Å². The van der Waals surface area contributed by atoms with E-state index in [1.165, 1.54) is 27.6 Å². The Kier molecular flexibility index (Phi) is 2.10. The maximum Gasteiger partial charge on any atom is 0.0459 e. The Hall–Kier alpha value is -1.24. The standard InChI is InChI=1S/C13H17N/c1-8(2)13-10(4)9(3)7-12-11(13)5-6-14-12/h5-8,14H,1-4H3. The lowest BCUT2D eigenvalue weighted by molar-refractivity contribution is 0.864. The highest BCUT2D eigenvalue weighted by Crippen LogP contribution is 2.30. The van der Waals surface area contributed by atoms with Crippen molar-refractivity contribution >= 4 is 10.9 Å². The molecule has 74 valence electrons. The van der Waals surface area contributed by atoms with E-state index in [0.29, 0.717) is 5.92 Å². The summed E-state index contributed by atoms with van der Waals surface area (Å²) < 4.78 is 0.